The van der Waals surface area contributed by atoms with E-state index in [2.05, 4.69) is 11.8 Å². The molecule has 0 saturated heterocycles. The van der Waals surface area contributed by atoms with Crippen LogP contribution in [0.4, 0.5) is 0 Å². The lowest BCUT2D eigenvalue weighted by atomic mass is 9.92. The van der Waals surface area contributed by atoms with Gasteiger partial charge in [0.25, 0.3) is 5.91 Å². The second kappa shape index (κ2) is 8.66. The Balaban J connectivity index is 1.95. The predicted octanol–water partition coefficient (Wildman–Crippen LogP) is 5.41. The van der Waals surface area contributed by atoms with Gasteiger partial charge in [-0.3, -0.25) is 4.79 Å². The molecule has 0 bridgehead atoms. The van der Waals surface area contributed by atoms with Crippen LogP contribution in [0.3, 0.4) is 0 Å². The molecule has 0 spiro atoms. The zero-order valence-corrected chi connectivity index (χ0v) is 15.0. The molecule has 0 unspecified atom stereocenters. The highest BCUT2D eigenvalue weighted by Crippen LogP contribution is 2.27. The molecule has 1 saturated carbocycles. The molecule has 2 aromatic rings. The first-order chi connectivity index (χ1) is 12.3. The fraction of sp³-hybridized carbons (Fsp3) is 0.348. The molecule has 2 heteroatoms. The lowest BCUT2D eigenvalue weighted by Crippen LogP contribution is -2.41. The van der Waals surface area contributed by atoms with Crippen molar-refractivity contribution in [1.29, 1.82) is 0 Å². The number of hydrogen-bond donors (Lipinski definition) is 0. The zero-order valence-electron chi connectivity index (χ0n) is 15.0. The Morgan fingerprint density at radius 2 is 1.56 bits per heavy atom. The van der Waals surface area contributed by atoms with Crippen molar-refractivity contribution in [2.24, 2.45) is 0 Å². The van der Waals surface area contributed by atoms with Gasteiger partial charge in [-0.1, -0.05) is 79.9 Å². The van der Waals surface area contributed by atoms with Crippen LogP contribution >= 0.6 is 0 Å². The van der Waals surface area contributed by atoms with Crippen molar-refractivity contribution in [2.45, 2.75) is 45.1 Å². The van der Waals surface area contributed by atoms with Crippen LogP contribution in [0.5, 0.6) is 0 Å². The lowest BCUT2D eigenvalue weighted by Gasteiger charge is -2.34. The van der Waals surface area contributed by atoms with Crippen molar-refractivity contribution >= 4 is 17.6 Å². The first-order valence-electron chi connectivity index (χ1n) is 9.42. The molecule has 2 nitrogen and oxygen atoms in total. The van der Waals surface area contributed by atoms with Gasteiger partial charge in [0, 0.05) is 18.2 Å². The number of amides is 1. The summed E-state index contributed by atoms with van der Waals surface area (Å²) in [6.07, 6.45) is 8.06. The summed E-state index contributed by atoms with van der Waals surface area (Å²) >= 11 is 0. The molecule has 0 N–H and O–H groups in total. The van der Waals surface area contributed by atoms with Crippen LogP contribution in [0.1, 0.15) is 50.2 Å². The Bertz CT molecular complexity index is 699. The minimum atomic E-state index is 0.157. The molecular formula is C23H27NO. The van der Waals surface area contributed by atoms with Gasteiger partial charge in [-0.15, -0.1) is 0 Å². The molecule has 0 heterocycles. The van der Waals surface area contributed by atoms with Crippen molar-refractivity contribution in [2.75, 3.05) is 6.54 Å². The molecule has 1 aliphatic carbocycles. The van der Waals surface area contributed by atoms with Crippen molar-refractivity contribution in [3.05, 3.63) is 71.8 Å². The molecule has 1 amide bonds. The normalized spacial score (nSPS) is 15.8. The third kappa shape index (κ3) is 4.39. The molecule has 0 atom stereocenters. The van der Waals surface area contributed by atoms with Crippen LogP contribution in [0.25, 0.3) is 11.6 Å². The summed E-state index contributed by atoms with van der Waals surface area (Å²) in [5.41, 5.74) is 2.85. The predicted molar refractivity (Wildman–Crippen MR) is 105 cm³/mol. The Morgan fingerprint density at radius 1 is 0.960 bits per heavy atom. The van der Waals surface area contributed by atoms with E-state index < -0.39 is 0 Å². The number of likely N-dealkylation sites (N-methyl/N-ethyl adjacent to an activating group) is 1. The number of hydrogen-bond acceptors (Lipinski definition) is 1. The summed E-state index contributed by atoms with van der Waals surface area (Å²) in [4.78, 5) is 15.5. The highest BCUT2D eigenvalue weighted by atomic mass is 16.2. The first-order valence-corrected chi connectivity index (χ1v) is 9.42. The maximum atomic E-state index is 13.4. The van der Waals surface area contributed by atoms with E-state index in [9.17, 15) is 4.79 Å². The van der Waals surface area contributed by atoms with Crippen LogP contribution in [-0.4, -0.2) is 23.4 Å². The Hall–Kier alpha value is -2.35. The second-order valence-electron chi connectivity index (χ2n) is 6.72. The fourth-order valence-electron chi connectivity index (χ4n) is 3.72. The molecule has 1 fully saturated rings. The lowest BCUT2D eigenvalue weighted by molar-refractivity contribution is -0.127. The summed E-state index contributed by atoms with van der Waals surface area (Å²) in [5.74, 6) is 0.157. The van der Waals surface area contributed by atoms with E-state index in [1.165, 1.54) is 19.3 Å². The van der Waals surface area contributed by atoms with Gasteiger partial charge in [0.1, 0.15) is 0 Å². The summed E-state index contributed by atoms with van der Waals surface area (Å²) < 4.78 is 0. The summed E-state index contributed by atoms with van der Waals surface area (Å²) in [6, 6.07) is 20.6. The van der Waals surface area contributed by atoms with Crippen molar-refractivity contribution in [3.8, 4) is 0 Å². The third-order valence-corrected chi connectivity index (χ3v) is 5.04. The fourth-order valence-corrected chi connectivity index (χ4v) is 3.72. The molecule has 25 heavy (non-hydrogen) atoms. The van der Waals surface area contributed by atoms with Crippen LogP contribution in [-0.2, 0) is 4.79 Å². The molecule has 1 aliphatic rings. The number of carbonyl (C=O) groups is 1. The average Bonchev–Trinajstić information content (AvgIpc) is 2.69. The van der Waals surface area contributed by atoms with Crippen molar-refractivity contribution in [3.63, 3.8) is 0 Å². The monoisotopic (exact) mass is 333 g/mol. The number of rotatable bonds is 5. The molecule has 3 rings (SSSR count). The van der Waals surface area contributed by atoms with E-state index in [1.54, 1.807) is 0 Å². The van der Waals surface area contributed by atoms with Gasteiger partial charge >= 0.3 is 0 Å². The number of carbonyl (C=O) groups excluding carboxylic acids is 1. The Labute approximate surface area is 151 Å². The van der Waals surface area contributed by atoms with Gasteiger partial charge in [0.05, 0.1) is 0 Å². The van der Waals surface area contributed by atoms with Crippen LogP contribution in [0, 0.1) is 0 Å². The second-order valence-corrected chi connectivity index (χ2v) is 6.72. The topological polar surface area (TPSA) is 20.3 Å². The average molecular weight is 333 g/mol. The van der Waals surface area contributed by atoms with E-state index >= 15 is 0 Å². The van der Waals surface area contributed by atoms with Gasteiger partial charge in [0.15, 0.2) is 0 Å². The summed E-state index contributed by atoms with van der Waals surface area (Å²) in [5, 5.41) is 0. The SMILES string of the molecule is CCN(C(=O)C(=Cc1ccccc1)c1ccccc1)C1CCCCC1. The Morgan fingerprint density at radius 3 is 2.16 bits per heavy atom. The van der Waals surface area contributed by atoms with Crippen molar-refractivity contribution in [1.82, 2.24) is 4.90 Å². The van der Waals surface area contributed by atoms with Gasteiger partial charge in [-0.05, 0) is 37.0 Å². The van der Waals surface area contributed by atoms with Gasteiger partial charge in [0.2, 0.25) is 0 Å². The van der Waals surface area contributed by atoms with E-state index in [4.69, 9.17) is 0 Å². The summed E-state index contributed by atoms with van der Waals surface area (Å²) in [7, 11) is 0. The molecule has 0 radical (unpaired) electrons. The van der Waals surface area contributed by atoms with Gasteiger partial charge in [-0.25, -0.2) is 0 Å². The van der Waals surface area contributed by atoms with Gasteiger partial charge in [-0.2, -0.15) is 0 Å². The Kier molecular flexibility index (Phi) is 6.05. The zero-order chi connectivity index (χ0) is 17.5. The van der Waals surface area contributed by atoms with Crippen LogP contribution in [0.15, 0.2) is 60.7 Å². The van der Waals surface area contributed by atoms with Crippen molar-refractivity contribution < 1.29 is 4.79 Å². The van der Waals surface area contributed by atoms with E-state index in [1.807, 2.05) is 66.7 Å². The number of benzene rings is 2. The molecule has 0 aliphatic heterocycles. The third-order valence-electron chi connectivity index (χ3n) is 5.04. The van der Waals surface area contributed by atoms with E-state index in [-0.39, 0.29) is 5.91 Å². The highest BCUT2D eigenvalue weighted by molar-refractivity contribution is 6.24. The quantitative estimate of drug-likeness (QED) is 0.529. The molecular weight excluding hydrogens is 306 g/mol. The van der Waals surface area contributed by atoms with E-state index in [0.29, 0.717) is 6.04 Å². The van der Waals surface area contributed by atoms with Crippen LogP contribution in [0.2, 0.25) is 0 Å². The summed E-state index contributed by atoms with van der Waals surface area (Å²) in [6.45, 7) is 2.86. The smallest absolute Gasteiger partial charge is 0.254 e. The number of nitrogens with zero attached hydrogens (tertiary/aromatic N) is 1. The minimum Gasteiger partial charge on any atom is -0.336 e. The highest BCUT2D eigenvalue weighted by Gasteiger charge is 2.26. The van der Waals surface area contributed by atoms with E-state index in [0.717, 1.165) is 36.1 Å². The molecule has 130 valence electrons. The van der Waals surface area contributed by atoms with Crippen LogP contribution < -0.4 is 0 Å². The maximum Gasteiger partial charge on any atom is 0.254 e. The molecule has 2 aromatic carbocycles. The van der Waals surface area contributed by atoms with Gasteiger partial charge < -0.3 is 4.90 Å². The maximum absolute atomic E-state index is 13.4. The largest absolute Gasteiger partial charge is 0.336 e. The minimum absolute atomic E-state index is 0.157. The first kappa shape index (κ1) is 17.5. The molecule has 0 aromatic heterocycles. The standard InChI is InChI=1S/C23H27NO/c1-2-24(21-16-10-5-11-17-21)23(25)22(20-14-8-4-9-15-20)18-19-12-6-3-7-13-19/h3-4,6-9,12-15,18,21H,2,5,10-11,16-17H2,1H3.